The summed E-state index contributed by atoms with van der Waals surface area (Å²) in [6, 6.07) is 0. The maximum Gasteiger partial charge on any atom is 0.326 e. The van der Waals surface area contributed by atoms with Crippen LogP contribution in [0.25, 0.3) is 0 Å². The molecule has 0 saturated heterocycles. The molecule has 0 rings (SSSR count). The van der Waals surface area contributed by atoms with E-state index in [9.17, 15) is 4.79 Å². The van der Waals surface area contributed by atoms with Crippen molar-refractivity contribution < 1.29 is 14.3 Å². The first kappa shape index (κ1) is 15.4. The number of methoxy groups -OCH3 is 1. The second-order valence-electron chi connectivity index (χ2n) is 4.71. The van der Waals surface area contributed by atoms with Crippen LogP contribution in [0.15, 0.2) is 0 Å². The van der Waals surface area contributed by atoms with E-state index in [0.29, 0.717) is 25.9 Å². The van der Waals surface area contributed by atoms with E-state index in [4.69, 9.17) is 15.2 Å². The van der Waals surface area contributed by atoms with Crippen molar-refractivity contribution >= 4 is 5.97 Å². The Morgan fingerprint density at radius 2 is 1.75 bits per heavy atom. The third-order valence-electron chi connectivity index (χ3n) is 3.16. The topological polar surface area (TPSA) is 61.6 Å². The third kappa shape index (κ3) is 4.49. The van der Waals surface area contributed by atoms with Crippen LogP contribution in [0.3, 0.4) is 0 Å². The van der Waals surface area contributed by atoms with E-state index in [-0.39, 0.29) is 11.6 Å². The van der Waals surface area contributed by atoms with Crippen molar-refractivity contribution in [2.75, 3.05) is 13.7 Å². The van der Waals surface area contributed by atoms with Crippen LogP contribution < -0.4 is 5.73 Å². The second kappa shape index (κ2) is 6.21. The van der Waals surface area contributed by atoms with Crippen LogP contribution in [0, 0.1) is 0 Å². The van der Waals surface area contributed by atoms with Crippen LogP contribution in [-0.4, -0.2) is 30.8 Å². The average Bonchev–Trinajstić information content (AvgIpc) is 2.27. The second-order valence-corrected chi connectivity index (χ2v) is 4.71. The summed E-state index contributed by atoms with van der Waals surface area (Å²) in [5.74, 6) is -0.315. The highest BCUT2D eigenvalue weighted by atomic mass is 16.5. The molecule has 0 unspecified atom stereocenters. The highest BCUT2D eigenvalue weighted by molar-refractivity contribution is 5.80. The lowest BCUT2D eigenvalue weighted by atomic mass is 9.94. The molecule has 16 heavy (non-hydrogen) atoms. The van der Waals surface area contributed by atoms with Crippen LogP contribution in [0.4, 0.5) is 0 Å². The van der Waals surface area contributed by atoms with E-state index in [1.165, 1.54) is 0 Å². The molecule has 0 aromatic heterocycles. The van der Waals surface area contributed by atoms with Gasteiger partial charge >= 0.3 is 5.97 Å². The molecule has 0 aromatic carbocycles. The summed E-state index contributed by atoms with van der Waals surface area (Å²) in [4.78, 5) is 11.7. The fourth-order valence-electron chi connectivity index (χ4n) is 1.17. The van der Waals surface area contributed by atoms with Crippen molar-refractivity contribution in [2.24, 2.45) is 5.73 Å². The number of hydrogen-bond donors (Lipinski definition) is 1. The minimum absolute atomic E-state index is 0.268. The standard InChI is InChI=1S/C12H25NO3/c1-6-12(13,7-2)10(14)16-9-8-11(3,4)15-5/h6-9,13H2,1-5H3. The molecule has 0 aromatic rings. The van der Waals surface area contributed by atoms with E-state index >= 15 is 0 Å². The van der Waals surface area contributed by atoms with Crippen molar-refractivity contribution in [3.05, 3.63) is 0 Å². The van der Waals surface area contributed by atoms with Crippen molar-refractivity contribution in [1.29, 1.82) is 0 Å². The zero-order valence-corrected chi connectivity index (χ0v) is 11.1. The van der Waals surface area contributed by atoms with E-state index in [2.05, 4.69) is 0 Å². The summed E-state index contributed by atoms with van der Waals surface area (Å²) in [6.07, 6.45) is 1.85. The van der Waals surface area contributed by atoms with Crippen molar-refractivity contribution in [2.45, 2.75) is 58.1 Å². The summed E-state index contributed by atoms with van der Waals surface area (Å²) in [6.45, 7) is 8.04. The molecular weight excluding hydrogens is 206 g/mol. The molecule has 0 saturated carbocycles. The first-order chi connectivity index (χ1) is 7.31. The van der Waals surface area contributed by atoms with Crippen LogP contribution in [-0.2, 0) is 14.3 Å². The van der Waals surface area contributed by atoms with Crippen molar-refractivity contribution in [1.82, 2.24) is 0 Å². The van der Waals surface area contributed by atoms with Crippen LogP contribution in [0.1, 0.15) is 47.0 Å². The Morgan fingerprint density at radius 1 is 1.25 bits per heavy atom. The molecule has 96 valence electrons. The Labute approximate surface area is 98.5 Å². The SMILES string of the molecule is CCC(N)(CC)C(=O)OCCC(C)(C)OC. The van der Waals surface area contributed by atoms with Crippen molar-refractivity contribution in [3.8, 4) is 0 Å². The van der Waals surface area contributed by atoms with Crippen molar-refractivity contribution in [3.63, 3.8) is 0 Å². The largest absolute Gasteiger partial charge is 0.464 e. The summed E-state index contributed by atoms with van der Waals surface area (Å²) < 4.78 is 10.4. The van der Waals surface area contributed by atoms with Gasteiger partial charge in [0.05, 0.1) is 12.2 Å². The zero-order chi connectivity index (χ0) is 12.8. The number of ether oxygens (including phenoxy) is 2. The number of esters is 1. The molecule has 0 spiro atoms. The van der Waals surface area contributed by atoms with Gasteiger partial charge in [-0.3, -0.25) is 4.79 Å². The fraction of sp³-hybridized carbons (Fsp3) is 0.917. The number of carbonyl (C=O) groups is 1. The lowest BCUT2D eigenvalue weighted by Gasteiger charge is -2.26. The minimum Gasteiger partial charge on any atom is -0.464 e. The normalized spacial score (nSPS) is 12.6. The predicted octanol–water partition coefficient (Wildman–Crippen LogP) is 1.86. The number of rotatable bonds is 7. The molecule has 0 fully saturated rings. The molecule has 2 N–H and O–H groups in total. The van der Waals surface area contributed by atoms with Crippen LogP contribution in [0.2, 0.25) is 0 Å². The monoisotopic (exact) mass is 231 g/mol. The Bertz CT molecular complexity index is 222. The number of nitrogens with two attached hydrogens (primary N) is 1. The average molecular weight is 231 g/mol. The van der Waals surface area contributed by atoms with E-state index in [1.54, 1.807) is 7.11 Å². The molecule has 4 nitrogen and oxygen atoms in total. The van der Waals surface area contributed by atoms with Gasteiger partial charge in [-0.05, 0) is 26.7 Å². The van der Waals surface area contributed by atoms with Gasteiger partial charge in [-0.1, -0.05) is 13.8 Å². The summed E-state index contributed by atoms with van der Waals surface area (Å²) in [5.41, 5.74) is 4.81. The Morgan fingerprint density at radius 3 is 2.12 bits per heavy atom. The minimum atomic E-state index is -0.836. The predicted molar refractivity (Wildman–Crippen MR) is 64.2 cm³/mol. The number of carbonyl (C=O) groups excluding carboxylic acids is 1. The van der Waals surface area contributed by atoms with Crippen LogP contribution in [0.5, 0.6) is 0 Å². The lowest BCUT2D eigenvalue weighted by Crippen LogP contribution is -2.48. The quantitative estimate of drug-likeness (QED) is 0.679. The first-order valence-corrected chi connectivity index (χ1v) is 5.82. The van der Waals surface area contributed by atoms with Gasteiger partial charge in [-0.2, -0.15) is 0 Å². The Balaban J connectivity index is 4.08. The van der Waals surface area contributed by atoms with Gasteiger partial charge < -0.3 is 15.2 Å². The summed E-state index contributed by atoms with van der Waals surface area (Å²) in [5, 5.41) is 0. The summed E-state index contributed by atoms with van der Waals surface area (Å²) >= 11 is 0. The summed E-state index contributed by atoms with van der Waals surface area (Å²) in [7, 11) is 1.65. The van der Waals surface area contributed by atoms with Gasteiger partial charge in [0.1, 0.15) is 5.54 Å². The molecule has 0 aliphatic heterocycles. The van der Waals surface area contributed by atoms with Gasteiger partial charge in [0, 0.05) is 13.5 Å². The molecule has 0 amide bonds. The molecule has 0 heterocycles. The molecule has 0 aliphatic rings. The van der Waals surface area contributed by atoms with Gasteiger partial charge in [0.2, 0.25) is 0 Å². The highest BCUT2D eigenvalue weighted by Gasteiger charge is 2.32. The van der Waals surface area contributed by atoms with Gasteiger partial charge in [-0.25, -0.2) is 0 Å². The zero-order valence-electron chi connectivity index (χ0n) is 11.1. The smallest absolute Gasteiger partial charge is 0.326 e. The molecular formula is C12H25NO3. The number of hydrogen-bond acceptors (Lipinski definition) is 4. The Kier molecular flexibility index (Phi) is 5.97. The van der Waals surface area contributed by atoms with Gasteiger partial charge in [0.15, 0.2) is 0 Å². The fourth-order valence-corrected chi connectivity index (χ4v) is 1.17. The highest BCUT2D eigenvalue weighted by Crippen LogP contribution is 2.16. The van der Waals surface area contributed by atoms with Gasteiger partial charge in [-0.15, -0.1) is 0 Å². The molecule has 0 aliphatic carbocycles. The van der Waals surface area contributed by atoms with Crippen LogP contribution >= 0.6 is 0 Å². The van der Waals surface area contributed by atoms with Gasteiger partial charge in [0.25, 0.3) is 0 Å². The lowest BCUT2D eigenvalue weighted by molar-refractivity contribution is -0.152. The molecule has 4 heteroatoms. The maximum absolute atomic E-state index is 11.7. The first-order valence-electron chi connectivity index (χ1n) is 5.82. The molecule has 0 bridgehead atoms. The maximum atomic E-state index is 11.7. The van der Waals surface area contributed by atoms with E-state index < -0.39 is 5.54 Å². The van der Waals surface area contributed by atoms with E-state index in [0.717, 1.165) is 0 Å². The Hall–Kier alpha value is -0.610. The molecule has 0 atom stereocenters. The third-order valence-corrected chi connectivity index (χ3v) is 3.16. The molecule has 0 radical (unpaired) electrons. The van der Waals surface area contributed by atoms with E-state index in [1.807, 2.05) is 27.7 Å².